The van der Waals surface area contributed by atoms with Gasteiger partial charge in [-0.1, -0.05) is 25.0 Å². The molecular formula is C20H25N3O2. The van der Waals surface area contributed by atoms with Crippen molar-refractivity contribution in [2.45, 2.75) is 64.1 Å². The predicted octanol–water partition coefficient (Wildman–Crippen LogP) is 2.97. The zero-order valence-corrected chi connectivity index (χ0v) is 14.7. The summed E-state index contributed by atoms with van der Waals surface area (Å²) in [4.78, 5) is 31.9. The number of nitrogens with zero attached hydrogens (tertiary/aromatic N) is 3. The molecular weight excluding hydrogens is 314 g/mol. The summed E-state index contributed by atoms with van der Waals surface area (Å²) in [6.07, 6.45) is 7.99. The van der Waals surface area contributed by atoms with E-state index in [1.165, 1.54) is 19.3 Å². The summed E-state index contributed by atoms with van der Waals surface area (Å²) in [5.74, 6) is 0.861. The molecule has 2 fully saturated rings. The molecule has 1 saturated heterocycles. The molecule has 0 N–H and O–H groups in total. The fourth-order valence-corrected chi connectivity index (χ4v) is 4.75. The second-order valence-electron chi connectivity index (χ2n) is 7.51. The maximum absolute atomic E-state index is 12.8. The summed E-state index contributed by atoms with van der Waals surface area (Å²) in [7, 11) is 0. The smallest absolute Gasteiger partial charge is 0.261 e. The van der Waals surface area contributed by atoms with E-state index in [9.17, 15) is 9.59 Å². The lowest BCUT2D eigenvalue weighted by Crippen LogP contribution is -2.42. The minimum Gasteiger partial charge on any atom is -0.337 e. The highest BCUT2D eigenvalue weighted by atomic mass is 16.2. The highest BCUT2D eigenvalue weighted by molar-refractivity contribution is 5.78. The monoisotopic (exact) mass is 339 g/mol. The Balaban J connectivity index is 1.49. The highest BCUT2D eigenvalue weighted by Crippen LogP contribution is 2.39. The molecule has 0 bridgehead atoms. The van der Waals surface area contributed by atoms with Gasteiger partial charge < -0.3 is 4.90 Å². The van der Waals surface area contributed by atoms with Crippen LogP contribution in [0.2, 0.25) is 0 Å². The van der Waals surface area contributed by atoms with Gasteiger partial charge in [-0.3, -0.25) is 14.2 Å². The molecule has 1 aromatic carbocycles. The summed E-state index contributed by atoms with van der Waals surface area (Å²) < 4.78 is 1.57. The number of carbonyl (C=O) groups excluding carboxylic acids is 1. The van der Waals surface area contributed by atoms with Crippen molar-refractivity contribution in [1.29, 1.82) is 0 Å². The third-order valence-electron chi connectivity index (χ3n) is 5.93. The van der Waals surface area contributed by atoms with Crippen molar-refractivity contribution >= 4 is 16.8 Å². The Kier molecular flexibility index (Phi) is 4.32. The van der Waals surface area contributed by atoms with E-state index in [1.54, 1.807) is 17.0 Å². The molecule has 2 aromatic rings. The second kappa shape index (κ2) is 6.62. The molecule has 2 aliphatic rings. The van der Waals surface area contributed by atoms with Crippen molar-refractivity contribution in [1.82, 2.24) is 14.5 Å². The number of para-hydroxylation sites is 1. The van der Waals surface area contributed by atoms with Crippen LogP contribution < -0.4 is 5.56 Å². The molecule has 4 rings (SSSR count). The fraction of sp³-hybridized carbons (Fsp3) is 0.550. The Hall–Kier alpha value is -2.17. The summed E-state index contributed by atoms with van der Waals surface area (Å²) in [6, 6.07) is 8.09. The highest BCUT2D eigenvalue weighted by Gasteiger charge is 2.42. The average molecular weight is 339 g/mol. The largest absolute Gasteiger partial charge is 0.337 e. The molecule has 0 radical (unpaired) electrons. The van der Waals surface area contributed by atoms with E-state index in [4.69, 9.17) is 0 Å². The van der Waals surface area contributed by atoms with E-state index in [0.717, 1.165) is 12.8 Å². The van der Waals surface area contributed by atoms with E-state index < -0.39 is 0 Å². The zero-order valence-electron chi connectivity index (χ0n) is 14.7. The Morgan fingerprint density at radius 1 is 1.24 bits per heavy atom. The molecule has 5 heteroatoms. The normalized spacial score (nSPS) is 26.0. The number of benzene rings is 1. The molecule has 1 amide bonds. The van der Waals surface area contributed by atoms with Gasteiger partial charge in [-0.15, -0.1) is 0 Å². The summed E-state index contributed by atoms with van der Waals surface area (Å²) >= 11 is 0. The van der Waals surface area contributed by atoms with Crippen LogP contribution in [0.5, 0.6) is 0 Å². The standard InChI is InChI=1S/C20H25N3O2/c1-14-12-15-6-2-5-9-18(15)23(14)19(24)10-11-22-13-21-17-8-4-3-7-16(17)20(22)25/h3-4,7-8,13-15,18H,2,5-6,9-12H2,1H3. The first-order chi connectivity index (χ1) is 12.1. The van der Waals surface area contributed by atoms with Crippen molar-refractivity contribution in [2.24, 2.45) is 5.92 Å². The lowest BCUT2D eigenvalue weighted by Gasteiger charge is -2.33. The Morgan fingerprint density at radius 3 is 2.92 bits per heavy atom. The number of aryl methyl sites for hydroxylation is 1. The van der Waals surface area contributed by atoms with Crippen LogP contribution in [-0.2, 0) is 11.3 Å². The number of fused-ring (bicyclic) bond motifs is 2. The van der Waals surface area contributed by atoms with E-state index in [-0.39, 0.29) is 11.5 Å². The van der Waals surface area contributed by atoms with Gasteiger partial charge >= 0.3 is 0 Å². The molecule has 1 aliphatic heterocycles. The SMILES string of the molecule is CC1CC2CCCCC2N1C(=O)CCn1cnc2ccccc2c1=O. The molecule has 1 aromatic heterocycles. The van der Waals surface area contributed by atoms with Crippen LogP contribution >= 0.6 is 0 Å². The van der Waals surface area contributed by atoms with Gasteiger partial charge in [0.15, 0.2) is 0 Å². The van der Waals surface area contributed by atoms with Gasteiger partial charge in [-0.05, 0) is 44.2 Å². The Morgan fingerprint density at radius 2 is 2.04 bits per heavy atom. The van der Waals surface area contributed by atoms with E-state index in [2.05, 4.69) is 16.8 Å². The maximum atomic E-state index is 12.8. The quantitative estimate of drug-likeness (QED) is 0.864. The number of aromatic nitrogens is 2. The molecule has 5 nitrogen and oxygen atoms in total. The van der Waals surface area contributed by atoms with Crippen LogP contribution in [0.3, 0.4) is 0 Å². The van der Waals surface area contributed by atoms with Gasteiger partial charge in [0.1, 0.15) is 0 Å². The molecule has 132 valence electrons. The number of hydrogen-bond acceptors (Lipinski definition) is 3. The summed E-state index contributed by atoms with van der Waals surface area (Å²) in [5.41, 5.74) is 0.636. The summed E-state index contributed by atoms with van der Waals surface area (Å²) in [6.45, 7) is 2.57. The molecule has 1 saturated carbocycles. The molecule has 0 spiro atoms. The zero-order chi connectivity index (χ0) is 17.4. The first-order valence-electron chi connectivity index (χ1n) is 9.40. The first-order valence-corrected chi connectivity index (χ1v) is 9.40. The van der Waals surface area contributed by atoms with Crippen molar-refractivity contribution in [3.63, 3.8) is 0 Å². The molecule has 2 heterocycles. The van der Waals surface area contributed by atoms with Crippen LogP contribution in [0.4, 0.5) is 0 Å². The fourth-order valence-electron chi connectivity index (χ4n) is 4.75. The van der Waals surface area contributed by atoms with Crippen LogP contribution in [0, 0.1) is 5.92 Å². The van der Waals surface area contributed by atoms with Gasteiger partial charge in [0, 0.05) is 25.0 Å². The average Bonchev–Trinajstić information content (AvgIpc) is 2.97. The third-order valence-corrected chi connectivity index (χ3v) is 5.93. The topological polar surface area (TPSA) is 55.2 Å². The van der Waals surface area contributed by atoms with E-state index in [0.29, 0.717) is 41.9 Å². The molecule has 1 aliphatic carbocycles. The van der Waals surface area contributed by atoms with Gasteiger partial charge in [-0.25, -0.2) is 4.98 Å². The number of hydrogen-bond donors (Lipinski definition) is 0. The van der Waals surface area contributed by atoms with E-state index in [1.807, 2.05) is 18.2 Å². The Labute approximate surface area is 147 Å². The second-order valence-corrected chi connectivity index (χ2v) is 7.51. The predicted molar refractivity (Wildman–Crippen MR) is 97.3 cm³/mol. The van der Waals surface area contributed by atoms with Crippen molar-refractivity contribution in [3.8, 4) is 0 Å². The first kappa shape index (κ1) is 16.3. The summed E-state index contributed by atoms with van der Waals surface area (Å²) in [5, 5.41) is 0.610. The molecule has 3 unspecified atom stereocenters. The van der Waals surface area contributed by atoms with Crippen LogP contribution in [0.25, 0.3) is 10.9 Å². The molecule has 25 heavy (non-hydrogen) atoms. The van der Waals surface area contributed by atoms with Gasteiger partial charge in [0.2, 0.25) is 5.91 Å². The van der Waals surface area contributed by atoms with Crippen molar-refractivity contribution in [2.75, 3.05) is 0 Å². The van der Waals surface area contributed by atoms with Crippen LogP contribution in [-0.4, -0.2) is 32.4 Å². The lowest BCUT2D eigenvalue weighted by molar-refractivity contribution is -0.134. The maximum Gasteiger partial charge on any atom is 0.261 e. The minimum atomic E-state index is -0.0663. The van der Waals surface area contributed by atoms with Crippen molar-refractivity contribution in [3.05, 3.63) is 40.9 Å². The third kappa shape index (κ3) is 2.96. The van der Waals surface area contributed by atoms with Gasteiger partial charge in [-0.2, -0.15) is 0 Å². The van der Waals surface area contributed by atoms with Crippen molar-refractivity contribution < 1.29 is 4.79 Å². The number of carbonyl (C=O) groups is 1. The number of rotatable bonds is 3. The number of amides is 1. The van der Waals surface area contributed by atoms with Crippen LogP contribution in [0.1, 0.15) is 45.4 Å². The van der Waals surface area contributed by atoms with Gasteiger partial charge in [0.05, 0.1) is 17.2 Å². The van der Waals surface area contributed by atoms with Crippen LogP contribution in [0.15, 0.2) is 35.4 Å². The van der Waals surface area contributed by atoms with Gasteiger partial charge in [0.25, 0.3) is 5.56 Å². The Bertz CT molecular complexity index is 844. The minimum absolute atomic E-state index is 0.0663. The number of likely N-dealkylation sites (tertiary alicyclic amines) is 1. The van der Waals surface area contributed by atoms with E-state index >= 15 is 0 Å². The lowest BCUT2D eigenvalue weighted by atomic mass is 9.85. The molecule has 3 atom stereocenters.